The molecule has 0 radical (unpaired) electrons. The Kier molecular flexibility index (Phi) is 3.66. The van der Waals surface area contributed by atoms with Crippen molar-refractivity contribution in [3.05, 3.63) is 17.8 Å². The Labute approximate surface area is 106 Å². The number of nitrogens with two attached hydrogens (primary N) is 1. The maximum Gasteiger partial charge on any atom is 0.340 e. The molecule has 1 saturated heterocycles. The van der Waals surface area contributed by atoms with E-state index in [2.05, 4.69) is 9.72 Å². The number of anilines is 2. The van der Waals surface area contributed by atoms with Gasteiger partial charge in [-0.2, -0.15) is 0 Å². The molecule has 6 nitrogen and oxygen atoms in total. The molecule has 6 heteroatoms. The molecule has 1 fully saturated rings. The summed E-state index contributed by atoms with van der Waals surface area (Å²) < 4.78 is 10.0. The van der Waals surface area contributed by atoms with Crippen LogP contribution in [0.15, 0.2) is 12.3 Å². The fourth-order valence-corrected chi connectivity index (χ4v) is 2.03. The first-order chi connectivity index (χ1) is 8.65. The Morgan fingerprint density at radius 1 is 1.67 bits per heavy atom. The Morgan fingerprint density at radius 3 is 3.06 bits per heavy atom. The molecule has 0 spiro atoms. The molecule has 18 heavy (non-hydrogen) atoms. The molecule has 1 aliphatic rings. The van der Waals surface area contributed by atoms with Crippen LogP contribution in [-0.4, -0.2) is 44.4 Å². The smallest absolute Gasteiger partial charge is 0.340 e. The second kappa shape index (κ2) is 5.22. The van der Waals surface area contributed by atoms with Crippen LogP contribution in [0.5, 0.6) is 0 Å². The summed E-state index contributed by atoms with van der Waals surface area (Å²) in [5, 5.41) is 0. The number of methoxy groups -OCH3 is 1. The summed E-state index contributed by atoms with van der Waals surface area (Å²) in [5.41, 5.74) is 6.67. The number of likely N-dealkylation sites (N-methyl/N-ethyl adjacent to an activating group) is 1. The number of aromatic nitrogens is 1. The number of esters is 1. The van der Waals surface area contributed by atoms with E-state index in [9.17, 15) is 4.79 Å². The van der Waals surface area contributed by atoms with Gasteiger partial charge in [0.2, 0.25) is 0 Å². The number of nitrogens with zero attached hydrogens (tertiary/aromatic N) is 2. The summed E-state index contributed by atoms with van der Waals surface area (Å²) in [6, 6.07) is 1.80. The van der Waals surface area contributed by atoms with Gasteiger partial charge in [-0.3, -0.25) is 0 Å². The highest BCUT2D eigenvalue weighted by molar-refractivity contribution is 5.97. The summed E-state index contributed by atoms with van der Waals surface area (Å²) in [4.78, 5) is 17.7. The molecule has 0 aliphatic carbocycles. The van der Waals surface area contributed by atoms with Gasteiger partial charge in [0, 0.05) is 19.9 Å². The standard InChI is InChI=1S/C12H17N3O3/c1-15(8-4-6-18-7-8)11-10(13)9(3-5-14-11)12(16)17-2/h3,5,8H,4,6-7,13H2,1-2H3. The zero-order valence-electron chi connectivity index (χ0n) is 10.5. The first-order valence-electron chi connectivity index (χ1n) is 5.78. The minimum absolute atomic E-state index is 0.243. The van der Waals surface area contributed by atoms with Gasteiger partial charge in [0.1, 0.15) is 0 Å². The molecule has 2 heterocycles. The Bertz CT molecular complexity index is 444. The van der Waals surface area contributed by atoms with E-state index in [-0.39, 0.29) is 6.04 Å². The van der Waals surface area contributed by atoms with E-state index in [1.165, 1.54) is 7.11 Å². The number of rotatable bonds is 3. The Hall–Kier alpha value is -1.82. The molecule has 0 aromatic carbocycles. The van der Waals surface area contributed by atoms with Crippen LogP contribution in [0, 0.1) is 0 Å². The lowest BCUT2D eigenvalue weighted by molar-refractivity contribution is 0.0602. The van der Waals surface area contributed by atoms with Crippen LogP contribution in [0.3, 0.4) is 0 Å². The quantitative estimate of drug-likeness (QED) is 0.796. The highest BCUT2D eigenvalue weighted by atomic mass is 16.5. The third-order valence-corrected chi connectivity index (χ3v) is 3.16. The summed E-state index contributed by atoms with van der Waals surface area (Å²) in [7, 11) is 3.23. The maximum absolute atomic E-state index is 11.6. The predicted molar refractivity (Wildman–Crippen MR) is 67.6 cm³/mol. The number of carbonyl (C=O) groups is 1. The molecule has 0 saturated carbocycles. The van der Waals surface area contributed by atoms with Crippen LogP contribution in [0.1, 0.15) is 16.8 Å². The van der Waals surface area contributed by atoms with Crippen molar-refractivity contribution in [2.24, 2.45) is 0 Å². The Morgan fingerprint density at radius 2 is 2.44 bits per heavy atom. The molecule has 2 rings (SSSR count). The fourth-order valence-electron chi connectivity index (χ4n) is 2.03. The van der Waals surface area contributed by atoms with Gasteiger partial charge in [-0.25, -0.2) is 9.78 Å². The molecule has 1 aromatic heterocycles. The van der Waals surface area contributed by atoms with Crippen molar-refractivity contribution in [2.45, 2.75) is 12.5 Å². The third-order valence-electron chi connectivity index (χ3n) is 3.16. The topological polar surface area (TPSA) is 77.7 Å². The highest BCUT2D eigenvalue weighted by Gasteiger charge is 2.24. The van der Waals surface area contributed by atoms with E-state index in [0.29, 0.717) is 23.7 Å². The van der Waals surface area contributed by atoms with E-state index in [1.807, 2.05) is 11.9 Å². The van der Waals surface area contributed by atoms with Crippen molar-refractivity contribution in [3.63, 3.8) is 0 Å². The average Bonchev–Trinajstić information content (AvgIpc) is 2.91. The summed E-state index contributed by atoms with van der Waals surface area (Å²) in [5.74, 6) is 0.139. The Balaban J connectivity index is 2.30. The fraction of sp³-hybridized carbons (Fsp3) is 0.500. The summed E-state index contributed by atoms with van der Waals surface area (Å²) in [6.45, 7) is 1.39. The molecule has 1 atom stereocenters. The largest absolute Gasteiger partial charge is 0.465 e. The van der Waals surface area contributed by atoms with Gasteiger partial charge in [-0.1, -0.05) is 0 Å². The van der Waals surface area contributed by atoms with Crippen molar-refractivity contribution in [3.8, 4) is 0 Å². The minimum atomic E-state index is -0.452. The number of ether oxygens (including phenoxy) is 2. The molecule has 2 N–H and O–H groups in total. The molecule has 1 aromatic rings. The van der Waals surface area contributed by atoms with Gasteiger partial charge in [0.05, 0.1) is 31.0 Å². The predicted octanol–water partition coefficient (Wildman–Crippen LogP) is 0.676. The van der Waals surface area contributed by atoms with E-state index in [1.54, 1.807) is 12.3 Å². The van der Waals surface area contributed by atoms with Gasteiger partial charge in [-0.05, 0) is 12.5 Å². The lowest BCUT2D eigenvalue weighted by Gasteiger charge is -2.25. The van der Waals surface area contributed by atoms with Gasteiger partial charge in [0.25, 0.3) is 0 Å². The monoisotopic (exact) mass is 251 g/mol. The summed E-state index contributed by atoms with van der Waals surface area (Å²) >= 11 is 0. The molecule has 1 unspecified atom stereocenters. The molecule has 0 bridgehead atoms. The lowest BCUT2D eigenvalue weighted by Crippen LogP contribution is -2.33. The van der Waals surface area contributed by atoms with Gasteiger partial charge < -0.3 is 20.1 Å². The number of hydrogen-bond acceptors (Lipinski definition) is 6. The zero-order chi connectivity index (χ0) is 13.1. The van der Waals surface area contributed by atoms with Gasteiger partial charge in [-0.15, -0.1) is 0 Å². The van der Waals surface area contributed by atoms with E-state index < -0.39 is 5.97 Å². The van der Waals surface area contributed by atoms with E-state index >= 15 is 0 Å². The normalized spacial score (nSPS) is 18.7. The molecular weight excluding hydrogens is 234 g/mol. The van der Waals surface area contributed by atoms with Crippen molar-refractivity contribution >= 4 is 17.5 Å². The number of pyridine rings is 1. The van der Waals surface area contributed by atoms with Crippen molar-refractivity contribution < 1.29 is 14.3 Å². The number of carbonyl (C=O) groups excluding carboxylic acids is 1. The lowest BCUT2D eigenvalue weighted by atomic mass is 10.2. The number of hydrogen-bond donors (Lipinski definition) is 1. The number of nitrogen functional groups attached to an aromatic ring is 1. The SMILES string of the molecule is COC(=O)c1ccnc(N(C)C2CCOC2)c1N. The van der Waals surface area contributed by atoms with Crippen molar-refractivity contribution in [2.75, 3.05) is 38.0 Å². The van der Waals surface area contributed by atoms with Crippen LogP contribution in [0.4, 0.5) is 11.5 Å². The minimum Gasteiger partial charge on any atom is -0.465 e. The van der Waals surface area contributed by atoms with Gasteiger partial charge in [0.15, 0.2) is 5.82 Å². The molecule has 98 valence electrons. The van der Waals surface area contributed by atoms with Crippen molar-refractivity contribution in [1.82, 2.24) is 4.98 Å². The second-order valence-corrected chi connectivity index (χ2v) is 4.22. The van der Waals surface area contributed by atoms with Crippen LogP contribution < -0.4 is 10.6 Å². The first kappa shape index (κ1) is 12.6. The van der Waals surface area contributed by atoms with Crippen LogP contribution in [0.25, 0.3) is 0 Å². The molecule has 0 amide bonds. The third kappa shape index (κ3) is 2.24. The maximum atomic E-state index is 11.6. The van der Waals surface area contributed by atoms with Crippen LogP contribution in [-0.2, 0) is 9.47 Å². The average molecular weight is 251 g/mol. The van der Waals surface area contributed by atoms with Crippen molar-refractivity contribution in [1.29, 1.82) is 0 Å². The molecular formula is C12H17N3O3. The van der Waals surface area contributed by atoms with E-state index in [4.69, 9.17) is 10.5 Å². The zero-order valence-corrected chi connectivity index (χ0v) is 10.5. The second-order valence-electron chi connectivity index (χ2n) is 4.22. The van der Waals surface area contributed by atoms with E-state index in [0.717, 1.165) is 13.0 Å². The van der Waals surface area contributed by atoms with Gasteiger partial charge >= 0.3 is 5.97 Å². The van der Waals surface area contributed by atoms with Crippen LogP contribution in [0.2, 0.25) is 0 Å². The summed E-state index contributed by atoms with van der Waals surface area (Å²) in [6.07, 6.45) is 2.49. The molecule has 1 aliphatic heterocycles. The highest BCUT2D eigenvalue weighted by Crippen LogP contribution is 2.26. The first-order valence-corrected chi connectivity index (χ1v) is 5.78. The van der Waals surface area contributed by atoms with Crippen LogP contribution >= 0.6 is 0 Å².